The van der Waals surface area contributed by atoms with E-state index in [0.29, 0.717) is 24.8 Å². The Kier molecular flexibility index (Phi) is 4.11. The lowest BCUT2D eigenvalue weighted by atomic mass is 10.0. The molecule has 2 aliphatic rings. The number of halogens is 3. The Morgan fingerprint density at radius 2 is 2.07 bits per heavy atom. The topological polar surface area (TPSA) is 88.9 Å². The molecule has 3 aromatic rings. The second-order valence-corrected chi connectivity index (χ2v) is 7.36. The van der Waals surface area contributed by atoms with Gasteiger partial charge < -0.3 is 14.2 Å². The van der Waals surface area contributed by atoms with Gasteiger partial charge in [0.1, 0.15) is 17.6 Å². The van der Waals surface area contributed by atoms with Gasteiger partial charge in [-0.15, -0.1) is 10.2 Å². The number of nitrogens with zero attached hydrogens (tertiary/aromatic N) is 5. The fourth-order valence-corrected chi connectivity index (χ4v) is 4.14. The molecule has 1 saturated heterocycles. The lowest BCUT2D eigenvalue weighted by Gasteiger charge is -2.45. The van der Waals surface area contributed by atoms with E-state index in [1.807, 2.05) is 4.57 Å². The average molecular weight is 423 g/mol. The van der Waals surface area contributed by atoms with E-state index in [-0.39, 0.29) is 34.2 Å². The van der Waals surface area contributed by atoms with Crippen molar-refractivity contribution in [1.29, 1.82) is 0 Å². The Morgan fingerprint density at radius 1 is 1.21 bits per heavy atom. The maximum absolute atomic E-state index is 13.6. The number of morpholine rings is 1. The molecule has 11 heteroatoms. The maximum Gasteiger partial charge on any atom is 0.256 e. The van der Waals surface area contributed by atoms with Crippen molar-refractivity contribution >= 4 is 29.1 Å². The Balaban J connectivity index is 1.56. The first kappa shape index (κ1) is 17.6. The first-order valence-corrected chi connectivity index (χ1v) is 9.28. The summed E-state index contributed by atoms with van der Waals surface area (Å²) in [5.74, 6) is 0.245. The summed E-state index contributed by atoms with van der Waals surface area (Å²) >= 11 is 12.0. The van der Waals surface area contributed by atoms with Crippen molar-refractivity contribution in [3.8, 4) is 11.5 Å². The van der Waals surface area contributed by atoms with E-state index in [9.17, 15) is 9.18 Å². The molecule has 0 saturated carbocycles. The number of H-pyrrole nitrogens is 1. The third kappa shape index (κ3) is 2.54. The van der Waals surface area contributed by atoms with Crippen molar-refractivity contribution in [1.82, 2.24) is 29.9 Å². The predicted molar refractivity (Wildman–Crippen MR) is 97.5 cm³/mol. The molecule has 5 rings (SSSR count). The highest BCUT2D eigenvalue weighted by atomic mass is 35.5. The summed E-state index contributed by atoms with van der Waals surface area (Å²) in [6.07, 6.45) is 1.64. The number of rotatable bonds is 2. The van der Waals surface area contributed by atoms with Crippen molar-refractivity contribution in [2.75, 3.05) is 13.2 Å². The molecule has 0 spiro atoms. The summed E-state index contributed by atoms with van der Waals surface area (Å²) < 4.78 is 21.3. The maximum atomic E-state index is 13.6. The van der Waals surface area contributed by atoms with E-state index in [4.69, 9.17) is 27.9 Å². The lowest BCUT2D eigenvalue weighted by molar-refractivity contribution is -0.0569. The van der Waals surface area contributed by atoms with E-state index in [1.54, 1.807) is 17.2 Å². The van der Waals surface area contributed by atoms with Gasteiger partial charge in [-0.3, -0.25) is 9.89 Å². The highest BCUT2D eigenvalue weighted by molar-refractivity contribution is 6.44. The molecule has 0 radical (unpaired) electrons. The van der Waals surface area contributed by atoms with Gasteiger partial charge in [0, 0.05) is 12.7 Å². The molecular weight excluding hydrogens is 410 g/mol. The molecule has 1 fully saturated rings. The van der Waals surface area contributed by atoms with E-state index in [1.165, 1.54) is 6.07 Å². The zero-order valence-electron chi connectivity index (χ0n) is 14.3. The molecule has 0 aliphatic carbocycles. The molecule has 144 valence electrons. The third-order valence-electron chi connectivity index (χ3n) is 5.03. The van der Waals surface area contributed by atoms with Gasteiger partial charge in [-0.05, 0) is 18.2 Å². The summed E-state index contributed by atoms with van der Waals surface area (Å²) in [7, 11) is 0. The van der Waals surface area contributed by atoms with Gasteiger partial charge in [0.05, 0.1) is 34.9 Å². The van der Waals surface area contributed by atoms with Crippen molar-refractivity contribution in [2.24, 2.45) is 0 Å². The van der Waals surface area contributed by atoms with Gasteiger partial charge >= 0.3 is 0 Å². The van der Waals surface area contributed by atoms with Crippen LogP contribution < -0.4 is 0 Å². The number of aromatic nitrogens is 5. The minimum atomic E-state index is -0.672. The number of carbonyl (C=O) groups is 1. The van der Waals surface area contributed by atoms with Gasteiger partial charge in [0.25, 0.3) is 5.91 Å². The Bertz CT molecular complexity index is 1070. The van der Waals surface area contributed by atoms with E-state index < -0.39 is 11.9 Å². The number of aromatic amines is 1. The zero-order chi connectivity index (χ0) is 19.4. The fraction of sp³-hybridized carbons (Fsp3) is 0.294. The van der Waals surface area contributed by atoms with Crippen molar-refractivity contribution in [2.45, 2.75) is 18.6 Å². The molecule has 2 atom stereocenters. The van der Waals surface area contributed by atoms with Crippen LogP contribution in [0.1, 0.15) is 22.2 Å². The van der Waals surface area contributed by atoms with Crippen LogP contribution in [-0.2, 0) is 11.3 Å². The van der Waals surface area contributed by atoms with Crippen LogP contribution in [0.5, 0.6) is 0 Å². The van der Waals surface area contributed by atoms with Gasteiger partial charge in [-0.1, -0.05) is 23.2 Å². The van der Waals surface area contributed by atoms with Crippen molar-refractivity contribution in [3.05, 3.63) is 51.6 Å². The molecular formula is C17H13Cl2FN6O2. The summed E-state index contributed by atoms with van der Waals surface area (Å²) in [6, 6.07) is 3.59. The predicted octanol–water partition coefficient (Wildman–Crippen LogP) is 2.71. The molecule has 1 N–H and O–H groups in total. The zero-order valence-corrected chi connectivity index (χ0v) is 15.8. The van der Waals surface area contributed by atoms with E-state index in [2.05, 4.69) is 20.4 Å². The first-order valence-electron chi connectivity index (χ1n) is 8.53. The number of hydrogen-bond donors (Lipinski definition) is 1. The SMILES string of the molecule is O=C(c1ccc(F)c(Cl)c1Cl)N1[C@H]2COC[C@@H]1c1nnc(-c3ccn[nH]3)n1C2. The van der Waals surface area contributed by atoms with Gasteiger partial charge in [0.15, 0.2) is 11.6 Å². The number of ether oxygens (including phenoxy) is 1. The van der Waals surface area contributed by atoms with Gasteiger partial charge in [-0.2, -0.15) is 5.10 Å². The smallest absolute Gasteiger partial charge is 0.256 e. The lowest BCUT2D eigenvalue weighted by Crippen LogP contribution is -2.56. The second-order valence-electron chi connectivity index (χ2n) is 6.61. The second kappa shape index (κ2) is 6.54. The molecule has 8 nitrogen and oxygen atoms in total. The third-order valence-corrected chi connectivity index (χ3v) is 5.89. The number of fused-ring (bicyclic) bond motifs is 4. The van der Waals surface area contributed by atoms with Crippen molar-refractivity contribution < 1.29 is 13.9 Å². The molecule has 28 heavy (non-hydrogen) atoms. The number of benzene rings is 1. The largest absolute Gasteiger partial charge is 0.377 e. The molecule has 1 aromatic carbocycles. The minimum Gasteiger partial charge on any atom is -0.377 e. The molecule has 2 aromatic heterocycles. The van der Waals surface area contributed by atoms with E-state index >= 15 is 0 Å². The van der Waals surface area contributed by atoms with Crippen LogP contribution in [0.4, 0.5) is 4.39 Å². The average Bonchev–Trinajstić information content (AvgIpc) is 3.35. The Morgan fingerprint density at radius 3 is 2.86 bits per heavy atom. The van der Waals surface area contributed by atoms with Crippen LogP contribution in [0.2, 0.25) is 10.0 Å². The number of carbonyl (C=O) groups excluding carboxylic acids is 1. The summed E-state index contributed by atoms with van der Waals surface area (Å²) in [6.45, 7) is 1.08. The standard InChI is InChI=1S/C17H13Cl2FN6O2/c18-13-9(1-2-10(20)14(13)19)17(27)26-8-5-25-15(11-3-4-21-22-11)23-24-16(25)12(26)7-28-6-8/h1-4,8,12H,5-7H2,(H,21,22)/t8-,12-/m1/s1. The Labute approximate surface area is 168 Å². The van der Waals surface area contributed by atoms with Crippen LogP contribution in [-0.4, -0.2) is 55.0 Å². The van der Waals surface area contributed by atoms with Crippen LogP contribution in [0, 0.1) is 5.82 Å². The number of amides is 1. The quantitative estimate of drug-likeness (QED) is 0.641. The molecule has 2 bridgehead atoms. The molecule has 2 aliphatic heterocycles. The van der Waals surface area contributed by atoms with Crippen molar-refractivity contribution in [3.63, 3.8) is 0 Å². The van der Waals surface area contributed by atoms with Gasteiger partial charge in [0.2, 0.25) is 0 Å². The van der Waals surface area contributed by atoms with Crippen LogP contribution in [0.3, 0.4) is 0 Å². The van der Waals surface area contributed by atoms with Crippen LogP contribution >= 0.6 is 23.2 Å². The number of nitrogens with one attached hydrogen (secondary N) is 1. The first-order chi connectivity index (χ1) is 13.6. The fourth-order valence-electron chi connectivity index (χ4n) is 3.74. The minimum absolute atomic E-state index is 0.101. The highest BCUT2D eigenvalue weighted by Gasteiger charge is 2.44. The molecule has 4 heterocycles. The summed E-state index contributed by atoms with van der Waals surface area (Å²) in [4.78, 5) is 15.0. The monoisotopic (exact) mass is 422 g/mol. The highest BCUT2D eigenvalue weighted by Crippen LogP contribution is 2.37. The summed E-state index contributed by atoms with van der Waals surface area (Å²) in [5.41, 5.74) is 0.887. The Hall–Kier alpha value is -2.49. The number of hydrogen-bond acceptors (Lipinski definition) is 5. The normalized spacial score (nSPS) is 20.9. The molecule has 1 amide bonds. The van der Waals surface area contributed by atoms with Crippen LogP contribution in [0.25, 0.3) is 11.5 Å². The van der Waals surface area contributed by atoms with Gasteiger partial charge in [-0.25, -0.2) is 4.39 Å². The van der Waals surface area contributed by atoms with Crippen LogP contribution in [0.15, 0.2) is 24.4 Å². The van der Waals surface area contributed by atoms with E-state index in [0.717, 1.165) is 11.8 Å². The summed E-state index contributed by atoms with van der Waals surface area (Å²) in [5, 5.41) is 15.0. The molecule has 0 unspecified atom stereocenters.